The molecule has 4 rings (SSSR count). The molecule has 0 aromatic heterocycles. The van der Waals surface area contributed by atoms with Gasteiger partial charge in [0, 0.05) is 11.7 Å². The Kier molecular flexibility index (Phi) is 4.21. The average Bonchev–Trinajstić information content (AvgIpc) is 2.93. The zero-order chi connectivity index (χ0) is 17.4. The molecule has 2 amide bonds. The molecule has 0 radical (unpaired) electrons. The number of aliphatic hydroxyl groups is 1. The Labute approximate surface area is 146 Å². The molecule has 1 aromatic carbocycles. The standard InChI is InChI=1S/C19H23N3O3/c23-11-16(24)22-15-9-5-4-8-13(15)21-14-10-20-19(25)17(14)18(22)12-6-2-1-3-7-12/h1-3,6-7,13,15,18,21,23H,4-5,8-11H2,(H,20,25)/t13?,15?,18-/m1/s1. The van der Waals surface area contributed by atoms with Crippen LogP contribution in [0, 0.1) is 0 Å². The van der Waals surface area contributed by atoms with E-state index in [9.17, 15) is 14.7 Å². The number of nitrogens with one attached hydrogen (secondary N) is 2. The minimum Gasteiger partial charge on any atom is -0.387 e. The Morgan fingerprint density at radius 2 is 1.96 bits per heavy atom. The van der Waals surface area contributed by atoms with Gasteiger partial charge in [-0.05, 0) is 18.4 Å². The van der Waals surface area contributed by atoms with Gasteiger partial charge in [-0.2, -0.15) is 0 Å². The fraction of sp³-hybridized carbons (Fsp3) is 0.474. The van der Waals surface area contributed by atoms with Gasteiger partial charge in [0.2, 0.25) is 5.91 Å². The number of carbonyl (C=O) groups excluding carboxylic acids is 2. The first-order valence-corrected chi connectivity index (χ1v) is 8.95. The first kappa shape index (κ1) is 16.1. The molecule has 1 aliphatic carbocycles. The Balaban J connectivity index is 1.88. The quantitative estimate of drug-likeness (QED) is 0.745. The number of benzene rings is 1. The number of aliphatic hydroxyl groups excluding tert-OH is 1. The molecule has 6 heteroatoms. The summed E-state index contributed by atoms with van der Waals surface area (Å²) in [6, 6.07) is 9.29. The lowest BCUT2D eigenvalue weighted by atomic mass is 9.87. The minimum atomic E-state index is -0.545. The van der Waals surface area contributed by atoms with E-state index in [1.54, 1.807) is 4.90 Å². The van der Waals surface area contributed by atoms with Crippen LogP contribution in [-0.4, -0.2) is 47.1 Å². The van der Waals surface area contributed by atoms with E-state index in [0.29, 0.717) is 12.1 Å². The number of amides is 2. The molecule has 1 fully saturated rings. The Hall–Kier alpha value is -2.34. The lowest BCUT2D eigenvalue weighted by Crippen LogP contribution is -2.54. The van der Waals surface area contributed by atoms with Crippen LogP contribution < -0.4 is 10.6 Å². The highest BCUT2D eigenvalue weighted by molar-refractivity contribution is 5.99. The van der Waals surface area contributed by atoms with Crippen molar-refractivity contribution in [1.29, 1.82) is 0 Å². The summed E-state index contributed by atoms with van der Waals surface area (Å²) in [6.07, 6.45) is 4.01. The second kappa shape index (κ2) is 6.52. The summed E-state index contributed by atoms with van der Waals surface area (Å²) in [5.41, 5.74) is 2.41. The molecule has 3 N–H and O–H groups in total. The van der Waals surface area contributed by atoms with Crippen molar-refractivity contribution in [2.24, 2.45) is 0 Å². The molecule has 0 saturated heterocycles. The third kappa shape index (κ3) is 2.70. The van der Waals surface area contributed by atoms with Crippen LogP contribution in [0.3, 0.4) is 0 Å². The monoisotopic (exact) mass is 341 g/mol. The highest BCUT2D eigenvalue weighted by atomic mass is 16.3. The number of fused-ring (bicyclic) bond motifs is 1. The maximum Gasteiger partial charge on any atom is 0.251 e. The summed E-state index contributed by atoms with van der Waals surface area (Å²) in [6.45, 7) is -0.0708. The van der Waals surface area contributed by atoms with Crippen molar-refractivity contribution in [2.45, 2.75) is 43.8 Å². The summed E-state index contributed by atoms with van der Waals surface area (Å²) in [4.78, 5) is 27.1. The second-order valence-electron chi connectivity index (χ2n) is 6.95. The summed E-state index contributed by atoms with van der Waals surface area (Å²) in [5, 5.41) is 16.0. The summed E-state index contributed by atoms with van der Waals surface area (Å²) >= 11 is 0. The summed E-state index contributed by atoms with van der Waals surface area (Å²) in [7, 11) is 0. The Morgan fingerprint density at radius 3 is 2.72 bits per heavy atom. The van der Waals surface area contributed by atoms with E-state index in [2.05, 4.69) is 10.6 Å². The molecule has 0 spiro atoms. The van der Waals surface area contributed by atoms with Gasteiger partial charge >= 0.3 is 0 Å². The molecular formula is C19H23N3O3. The van der Waals surface area contributed by atoms with Gasteiger partial charge in [0.15, 0.2) is 0 Å². The molecule has 0 bridgehead atoms. The van der Waals surface area contributed by atoms with Crippen LogP contribution in [0.1, 0.15) is 37.3 Å². The van der Waals surface area contributed by atoms with Crippen LogP contribution in [0.15, 0.2) is 41.6 Å². The van der Waals surface area contributed by atoms with E-state index in [4.69, 9.17) is 0 Å². The smallest absolute Gasteiger partial charge is 0.251 e. The maximum atomic E-state index is 12.7. The van der Waals surface area contributed by atoms with Gasteiger partial charge in [0.25, 0.3) is 5.91 Å². The van der Waals surface area contributed by atoms with Gasteiger partial charge in [-0.1, -0.05) is 43.2 Å². The van der Waals surface area contributed by atoms with Gasteiger partial charge in [-0.15, -0.1) is 0 Å². The number of carbonyl (C=O) groups is 2. The topological polar surface area (TPSA) is 81.7 Å². The van der Waals surface area contributed by atoms with E-state index in [1.807, 2.05) is 30.3 Å². The molecule has 3 aliphatic rings. The highest BCUT2D eigenvalue weighted by Crippen LogP contribution is 2.40. The Morgan fingerprint density at radius 1 is 1.20 bits per heavy atom. The fourth-order valence-corrected chi connectivity index (χ4v) is 4.45. The molecule has 132 valence electrons. The maximum absolute atomic E-state index is 12.7. The molecule has 6 nitrogen and oxygen atoms in total. The van der Waals surface area contributed by atoms with E-state index in [0.717, 1.165) is 36.9 Å². The second-order valence-corrected chi connectivity index (χ2v) is 6.95. The van der Waals surface area contributed by atoms with Gasteiger partial charge < -0.3 is 20.6 Å². The SMILES string of the molecule is O=C1NCC2=C1[C@@H](c1ccccc1)N(C(=O)CO)C1CCCCC1N2. The van der Waals surface area contributed by atoms with E-state index in [-0.39, 0.29) is 23.9 Å². The van der Waals surface area contributed by atoms with Gasteiger partial charge in [-0.25, -0.2) is 0 Å². The van der Waals surface area contributed by atoms with Crippen molar-refractivity contribution in [3.63, 3.8) is 0 Å². The minimum absolute atomic E-state index is 0.0167. The van der Waals surface area contributed by atoms with Crippen LogP contribution in [0.4, 0.5) is 0 Å². The van der Waals surface area contributed by atoms with Crippen molar-refractivity contribution < 1.29 is 14.7 Å². The third-order valence-corrected chi connectivity index (χ3v) is 5.53. The van der Waals surface area contributed by atoms with E-state index >= 15 is 0 Å². The highest BCUT2D eigenvalue weighted by Gasteiger charge is 2.45. The van der Waals surface area contributed by atoms with Crippen molar-refractivity contribution in [1.82, 2.24) is 15.5 Å². The summed E-state index contributed by atoms with van der Waals surface area (Å²) < 4.78 is 0. The number of hydrogen-bond donors (Lipinski definition) is 3. The normalized spacial score (nSPS) is 28.6. The van der Waals surface area contributed by atoms with Crippen LogP contribution >= 0.6 is 0 Å². The first-order valence-electron chi connectivity index (χ1n) is 8.95. The number of nitrogens with zero attached hydrogens (tertiary/aromatic N) is 1. The van der Waals surface area contributed by atoms with Crippen molar-refractivity contribution in [3.8, 4) is 0 Å². The Bertz CT molecular complexity index is 716. The summed E-state index contributed by atoms with van der Waals surface area (Å²) in [5.74, 6) is -0.452. The van der Waals surface area contributed by atoms with E-state index in [1.165, 1.54) is 0 Å². The van der Waals surface area contributed by atoms with Gasteiger partial charge in [-0.3, -0.25) is 9.59 Å². The largest absolute Gasteiger partial charge is 0.387 e. The van der Waals surface area contributed by atoms with Crippen molar-refractivity contribution >= 4 is 11.8 Å². The predicted octanol–water partition coefficient (Wildman–Crippen LogP) is 0.847. The van der Waals surface area contributed by atoms with Gasteiger partial charge in [0.1, 0.15) is 6.61 Å². The van der Waals surface area contributed by atoms with Crippen LogP contribution in [0.25, 0.3) is 0 Å². The van der Waals surface area contributed by atoms with Crippen molar-refractivity contribution in [3.05, 3.63) is 47.2 Å². The molecule has 2 heterocycles. The number of hydrogen-bond acceptors (Lipinski definition) is 4. The van der Waals surface area contributed by atoms with Crippen LogP contribution in [-0.2, 0) is 9.59 Å². The molecule has 25 heavy (non-hydrogen) atoms. The molecule has 3 atom stereocenters. The van der Waals surface area contributed by atoms with Crippen LogP contribution in [0.5, 0.6) is 0 Å². The van der Waals surface area contributed by atoms with Crippen molar-refractivity contribution in [2.75, 3.05) is 13.2 Å². The zero-order valence-electron chi connectivity index (χ0n) is 14.1. The van der Waals surface area contributed by atoms with Crippen LogP contribution in [0.2, 0.25) is 0 Å². The van der Waals surface area contributed by atoms with Gasteiger partial charge in [0.05, 0.1) is 24.2 Å². The average molecular weight is 341 g/mol. The number of rotatable bonds is 2. The molecule has 2 unspecified atom stereocenters. The predicted molar refractivity (Wildman–Crippen MR) is 92.3 cm³/mol. The molecule has 2 aliphatic heterocycles. The molecule has 1 saturated carbocycles. The third-order valence-electron chi connectivity index (χ3n) is 5.53. The lowest BCUT2D eigenvalue weighted by molar-refractivity contribution is -0.140. The van der Waals surface area contributed by atoms with E-state index < -0.39 is 12.6 Å². The fourth-order valence-electron chi connectivity index (χ4n) is 4.45. The first-order chi connectivity index (χ1) is 12.2. The molecular weight excluding hydrogens is 318 g/mol. The molecule has 1 aromatic rings. The zero-order valence-corrected chi connectivity index (χ0v) is 14.1. The lowest BCUT2D eigenvalue weighted by Gasteiger charge is -2.42.